The number of piperidine rings is 1. The first-order valence-corrected chi connectivity index (χ1v) is 9.95. The van der Waals surface area contributed by atoms with Gasteiger partial charge in [-0.3, -0.25) is 9.78 Å². The number of oxazole rings is 1. The number of hydrogen-bond acceptors (Lipinski definition) is 6. The van der Waals surface area contributed by atoms with Gasteiger partial charge in [0.05, 0.1) is 16.6 Å². The number of amides is 1. The van der Waals surface area contributed by atoms with Gasteiger partial charge in [0, 0.05) is 31.4 Å². The van der Waals surface area contributed by atoms with Crippen molar-refractivity contribution in [1.82, 2.24) is 15.3 Å². The van der Waals surface area contributed by atoms with E-state index in [9.17, 15) is 9.59 Å². The number of hydrogen-bond donors (Lipinski definition) is 3. The van der Waals surface area contributed by atoms with Crippen LogP contribution >= 0.6 is 11.6 Å². The first kappa shape index (κ1) is 18.1. The van der Waals surface area contributed by atoms with Crippen LogP contribution in [0.1, 0.15) is 19.3 Å². The quantitative estimate of drug-likeness (QED) is 0.594. The second-order valence-electron chi connectivity index (χ2n) is 7.72. The van der Waals surface area contributed by atoms with Crippen LogP contribution in [-0.2, 0) is 4.79 Å². The number of nitrogens with one attached hydrogen (secondary N) is 2. The van der Waals surface area contributed by atoms with Crippen molar-refractivity contribution < 1.29 is 9.21 Å². The van der Waals surface area contributed by atoms with E-state index in [1.807, 2.05) is 12.1 Å². The van der Waals surface area contributed by atoms with Crippen molar-refractivity contribution in [3.8, 4) is 11.1 Å². The highest BCUT2D eigenvalue weighted by atomic mass is 35.5. The zero-order valence-electron chi connectivity index (χ0n) is 15.6. The second-order valence-corrected chi connectivity index (χ2v) is 8.10. The summed E-state index contributed by atoms with van der Waals surface area (Å²) in [4.78, 5) is 32.9. The smallest absolute Gasteiger partial charge is 0.408 e. The molecule has 1 amide bonds. The summed E-state index contributed by atoms with van der Waals surface area (Å²) < 4.78 is 5.09. The number of nitrogen functional groups attached to an aromatic ring is 1. The number of H-pyrrole nitrogens is 1. The maximum Gasteiger partial charge on any atom is 0.417 e. The third-order valence-electron chi connectivity index (χ3n) is 6.16. The average Bonchev–Trinajstić information content (AvgIpc) is 3.26. The zero-order chi connectivity index (χ0) is 20.2. The fourth-order valence-electron chi connectivity index (χ4n) is 4.48. The van der Waals surface area contributed by atoms with Crippen LogP contribution < -0.4 is 21.7 Å². The molecule has 0 saturated carbocycles. The van der Waals surface area contributed by atoms with Gasteiger partial charge in [0.1, 0.15) is 10.8 Å². The summed E-state index contributed by atoms with van der Waals surface area (Å²) in [6, 6.07) is 5.44. The van der Waals surface area contributed by atoms with Crippen molar-refractivity contribution in [3.63, 3.8) is 0 Å². The largest absolute Gasteiger partial charge is 0.417 e. The van der Waals surface area contributed by atoms with E-state index in [1.54, 1.807) is 12.3 Å². The summed E-state index contributed by atoms with van der Waals surface area (Å²) in [7, 11) is 0. The molecule has 2 fully saturated rings. The lowest BCUT2D eigenvalue weighted by Crippen LogP contribution is -2.44. The molecule has 2 aliphatic rings. The van der Waals surface area contributed by atoms with Crippen LogP contribution in [0.5, 0.6) is 0 Å². The van der Waals surface area contributed by atoms with Crippen LogP contribution in [0.3, 0.4) is 0 Å². The lowest BCUT2D eigenvalue weighted by atomic mass is 9.77. The van der Waals surface area contributed by atoms with Crippen LogP contribution in [0.25, 0.3) is 22.2 Å². The van der Waals surface area contributed by atoms with E-state index in [4.69, 9.17) is 21.8 Å². The zero-order valence-corrected chi connectivity index (χ0v) is 16.4. The van der Waals surface area contributed by atoms with Crippen LogP contribution in [0.15, 0.2) is 33.6 Å². The molecule has 0 bridgehead atoms. The normalized spacial score (nSPS) is 18.5. The van der Waals surface area contributed by atoms with Crippen molar-refractivity contribution in [1.29, 1.82) is 0 Å². The summed E-state index contributed by atoms with van der Waals surface area (Å²) in [5, 5.41) is 3.36. The first-order chi connectivity index (χ1) is 14.0. The molecular formula is C20H20ClN5O3. The molecule has 8 nitrogen and oxygen atoms in total. The Morgan fingerprint density at radius 2 is 2.00 bits per heavy atom. The Balaban J connectivity index is 1.55. The number of aromatic amines is 1. The molecule has 29 heavy (non-hydrogen) atoms. The SMILES string of the molecule is Nc1ncc(-c2ccc3oc(=O)[nH]c3c2)c(N2CCC3(CCNC3=O)CC2)c1Cl. The van der Waals surface area contributed by atoms with Gasteiger partial charge in [-0.25, -0.2) is 9.78 Å². The molecular weight excluding hydrogens is 394 g/mol. The molecule has 0 atom stereocenters. The van der Waals surface area contributed by atoms with Crippen molar-refractivity contribution in [2.75, 3.05) is 30.3 Å². The Morgan fingerprint density at radius 3 is 2.72 bits per heavy atom. The lowest BCUT2D eigenvalue weighted by molar-refractivity contribution is -0.128. The maximum atomic E-state index is 12.3. The topological polar surface area (TPSA) is 117 Å². The monoisotopic (exact) mass is 413 g/mol. The highest BCUT2D eigenvalue weighted by Gasteiger charge is 2.44. The number of benzene rings is 1. The number of nitrogens with zero attached hydrogens (tertiary/aromatic N) is 2. The Kier molecular flexibility index (Phi) is 4.06. The van der Waals surface area contributed by atoms with Gasteiger partial charge in [0.2, 0.25) is 5.91 Å². The fourth-order valence-corrected chi connectivity index (χ4v) is 4.75. The van der Waals surface area contributed by atoms with Crippen molar-refractivity contribution in [2.24, 2.45) is 5.41 Å². The molecule has 0 aliphatic carbocycles. The maximum absolute atomic E-state index is 12.3. The summed E-state index contributed by atoms with van der Waals surface area (Å²) >= 11 is 6.60. The van der Waals surface area contributed by atoms with Gasteiger partial charge >= 0.3 is 5.76 Å². The number of carbonyl (C=O) groups is 1. The number of pyridine rings is 1. The Morgan fingerprint density at radius 1 is 1.21 bits per heavy atom. The molecule has 5 rings (SSSR count). The predicted molar refractivity (Wildman–Crippen MR) is 111 cm³/mol. The minimum Gasteiger partial charge on any atom is -0.408 e. The van der Waals surface area contributed by atoms with Crippen LogP contribution in [0.4, 0.5) is 11.5 Å². The molecule has 0 unspecified atom stereocenters. The second kappa shape index (κ2) is 6.52. The van der Waals surface area contributed by atoms with E-state index >= 15 is 0 Å². The predicted octanol–water partition coefficient (Wildman–Crippen LogP) is 2.53. The van der Waals surface area contributed by atoms with Crippen LogP contribution in [0.2, 0.25) is 5.02 Å². The van der Waals surface area contributed by atoms with Crippen molar-refractivity contribution >= 4 is 40.1 Å². The molecule has 150 valence electrons. The Hall–Kier alpha value is -3.00. The van der Waals surface area contributed by atoms with Gasteiger partial charge in [-0.05, 0) is 37.0 Å². The number of anilines is 2. The first-order valence-electron chi connectivity index (χ1n) is 9.57. The van der Waals surface area contributed by atoms with E-state index in [2.05, 4.69) is 20.2 Å². The number of carbonyl (C=O) groups excluding carboxylic acids is 1. The molecule has 4 heterocycles. The molecule has 1 spiro atoms. The third kappa shape index (κ3) is 2.86. The van der Waals surface area contributed by atoms with E-state index < -0.39 is 5.76 Å². The van der Waals surface area contributed by atoms with Gasteiger partial charge in [-0.15, -0.1) is 0 Å². The standard InChI is InChI=1S/C20H20ClN5O3/c21-15-16(26-7-4-20(5-8-26)3-6-23-18(20)27)12(10-24-17(15)22)11-1-2-14-13(9-11)25-19(28)29-14/h1-2,9-10H,3-8H2,(H2,22,24)(H,23,27)(H,25,28). The van der Waals surface area contributed by atoms with Crippen LogP contribution in [-0.4, -0.2) is 35.5 Å². The van der Waals surface area contributed by atoms with Gasteiger partial charge in [0.15, 0.2) is 5.58 Å². The van der Waals surface area contributed by atoms with E-state index in [1.165, 1.54) is 0 Å². The fraction of sp³-hybridized carbons (Fsp3) is 0.350. The number of halogens is 1. The van der Waals surface area contributed by atoms with Gasteiger partial charge in [0.25, 0.3) is 0 Å². The summed E-state index contributed by atoms with van der Waals surface area (Å²) in [5.74, 6) is -0.0730. The lowest BCUT2D eigenvalue weighted by Gasteiger charge is -2.39. The minimum absolute atomic E-state index is 0.159. The number of aromatic nitrogens is 2. The Labute approximate surface area is 171 Å². The number of rotatable bonds is 2. The molecule has 4 N–H and O–H groups in total. The van der Waals surface area contributed by atoms with E-state index in [0.717, 1.165) is 42.6 Å². The van der Waals surface area contributed by atoms with E-state index in [-0.39, 0.29) is 17.1 Å². The number of fused-ring (bicyclic) bond motifs is 1. The molecule has 1 aromatic carbocycles. The molecule has 0 radical (unpaired) electrons. The van der Waals surface area contributed by atoms with Crippen LogP contribution in [0, 0.1) is 5.41 Å². The van der Waals surface area contributed by atoms with Crippen molar-refractivity contribution in [3.05, 3.63) is 40.0 Å². The summed E-state index contributed by atoms with van der Waals surface area (Å²) in [6.07, 6.45) is 4.11. The van der Waals surface area contributed by atoms with Gasteiger partial charge in [-0.2, -0.15) is 0 Å². The Bertz CT molecular complexity index is 1180. The van der Waals surface area contributed by atoms with E-state index in [0.29, 0.717) is 29.2 Å². The average molecular weight is 414 g/mol. The third-order valence-corrected chi connectivity index (χ3v) is 6.53. The minimum atomic E-state index is -0.498. The molecule has 2 aliphatic heterocycles. The summed E-state index contributed by atoms with van der Waals surface area (Å²) in [6.45, 7) is 2.15. The molecule has 2 saturated heterocycles. The highest BCUT2D eigenvalue weighted by Crippen LogP contribution is 2.44. The molecule has 9 heteroatoms. The molecule has 3 aromatic rings. The highest BCUT2D eigenvalue weighted by molar-refractivity contribution is 6.36. The van der Waals surface area contributed by atoms with Gasteiger partial charge < -0.3 is 20.4 Å². The molecule has 2 aromatic heterocycles. The van der Waals surface area contributed by atoms with Crippen molar-refractivity contribution in [2.45, 2.75) is 19.3 Å². The van der Waals surface area contributed by atoms with Gasteiger partial charge in [-0.1, -0.05) is 17.7 Å². The number of nitrogens with two attached hydrogens (primary N) is 1. The summed E-state index contributed by atoms with van der Waals surface area (Å²) in [5.41, 5.74) is 9.30.